The second-order valence-electron chi connectivity index (χ2n) is 9.23. The SMILES string of the molecule is N[C@@H](CSSCC(=O)NCCCCP(Br)(c1ccccc1)(c1ccccc1)c1ccccc1)C(=O)NCC(=O)O. The van der Waals surface area contributed by atoms with Crippen molar-refractivity contribution >= 4 is 76.1 Å². The molecule has 11 heteroatoms. The third kappa shape index (κ3) is 8.33. The number of rotatable bonds is 16. The van der Waals surface area contributed by atoms with Crippen LogP contribution >= 0.6 is 42.4 Å². The van der Waals surface area contributed by atoms with Crippen LogP contribution in [0.3, 0.4) is 0 Å². The predicted molar refractivity (Wildman–Crippen MR) is 175 cm³/mol. The molecule has 3 aromatic carbocycles. The van der Waals surface area contributed by atoms with E-state index in [1.54, 1.807) is 0 Å². The molecule has 0 aromatic heterocycles. The summed E-state index contributed by atoms with van der Waals surface area (Å²) < 4.78 is 0. The quantitative estimate of drug-likeness (QED) is 0.105. The van der Waals surface area contributed by atoms with Crippen molar-refractivity contribution in [3.05, 3.63) is 91.0 Å². The summed E-state index contributed by atoms with van der Waals surface area (Å²) >= 11 is 4.45. The summed E-state index contributed by atoms with van der Waals surface area (Å²) in [6.45, 7) is 0.104. The van der Waals surface area contributed by atoms with Crippen LogP contribution in [0.2, 0.25) is 0 Å². The van der Waals surface area contributed by atoms with Crippen molar-refractivity contribution in [1.29, 1.82) is 0 Å². The molecule has 0 bridgehead atoms. The number of amides is 2. The molecule has 0 unspecified atom stereocenters. The Bertz CT molecular complexity index is 1160. The summed E-state index contributed by atoms with van der Waals surface area (Å²) in [7, 11) is 2.63. The number of hydrogen-bond acceptors (Lipinski definition) is 6. The summed E-state index contributed by atoms with van der Waals surface area (Å²) in [6.07, 6.45) is 2.64. The number of carbonyl (C=O) groups is 3. The maximum atomic E-state index is 12.4. The van der Waals surface area contributed by atoms with E-state index >= 15 is 0 Å². The van der Waals surface area contributed by atoms with E-state index in [0.29, 0.717) is 6.54 Å². The molecule has 7 nitrogen and oxygen atoms in total. The molecule has 0 saturated heterocycles. The van der Waals surface area contributed by atoms with Crippen LogP contribution in [-0.2, 0) is 14.4 Å². The molecule has 0 heterocycles. The van der Waals surface area contributed by atoms with Gasteiger partial charge < -0.3 is 10.4 Å². The monoisotopic (exact) mass is 663 g/mol. The zero-order valence-electron chi connectivity index (χ0n) is 22.1. The zero-order valence-corrected chi connectivity index (χ0v) is 26.2. The van der Waals surface area contributed by atoms with Crippen molar-refractivity contribution < 1.29 is 19.5 Å². The summed E-state index contributed by atoms with van der Waals surface area (Å²) in [6, 6.07) is 31.1. The van der Waals surface area contributed by atoms with Crippen LogP contribution in [0.5, 0.6) is 0 Å². The van der Waals surface area contributed by atoms with Crippen LogP contribution in [-0.4, -0.2) is 59.7 Å². The van der Waals surface area contributed by atoms with Gasteiger partial charge in [0.25, 0.3) is 0 Å². The fourth-order valence-electron chi connectivity index (χ4n) is 4.45. The first-order chi connectivity index (χ1) is 19.2. The van der Waals surface area contributed by atoms with E-state index in [1.807, 2.05) is 18.2 Å². The van der Waals surface area contributed by atoms with Crippen LogP contribution in [0.15, 0.2) is 91.0 Å². The van der Waals surface area contributed by atoms with Gasteiger partial charge in [-0.25, -0.2) is 0 Å². The number of nitrogens with two attached hydrogens (primary N) is 1. The second-order valence-corrected chi connectivity index (χ2v) is 20.8. The normalized spacial score (nSPS) is 13.0. The van der Waals surface area contributed by atoms with Gasteiger partial charge in [-0.3, -0.25) is 9.59 Å². The standard InChI is InChI=1S/C29H35BrN3O4PS2/c30-38(23-12-4-1-5-13-23,24-14-6-2-7-15-24,25-16-8-3-9-17-25)19-11-10-18-32-27(34)22-40-39-21-26(31)29(37)33-20-28(35)36/h1-9,12-17,26H,10-11,18-22,31H2,(H,32,34)(H,33,37)(H,35,36)/t26-/m0/s1. The van der Waals surface area contributed by atoms with Gasteiger partial charge >= 0.3 is 226 Å². The van der Waals surface area contributed by atoms with Gasteiger partial charge in [0.2, 0.25) is 0 Å². The van der Waals surface area contributed by atoms with Crippen molar-refractivity contribution in [2.24, 2.45) is 5.73 Å². The van der Waals surface area contributed by atoms with Gasteiger partial charge in [0.15, 0.2) is 0 Å². The third-order valence-electron chi connectivity index (χ3n) is 6.48. The molecule has 3 aromatic rings. The van der Waals surface area contributed by atoms with Gasteiger partial charge in [0.1, 0.15) is 6.54 Å². The Kier molecular flexibility index (Phi) is 12.5. The van der Waals surface area contributed by atoms with Crippen LogP contribution in [0.4, 0.5) is 0 Å². The second kappa shape index (κ2) is 15.6. The fourth-order valence-corrected chi connectivity index (χ4v) is 14.2. The van der Waals surface area contributed by atoms with Crippen LogP contribution in [0, 0.1) is 0 Å². The third-order valence-corrected chi connectivity index (χ3v) is 18.8. The topological polar surface area (TPSA) is 122 Å². The van der Waals surface area contributed by atoms with Crippen molar-refractivity contribution in [3.8, 4) is 0 Å². The predicted octanol–water partition coefficient (Wildman–Crippen LogP) is 3.63. The molecule has 0 fully saturated rings. The molecular formula is C29H35BrN3O4PS2. The van der Waals surface area contributed by atoms with Gasteiger partial charge in [-0.05, 0) is 0 Å². The van der Waals surface area contributed by atoms with Gasteiger partial charge in [-0.2, -0.15) is 0 Å². The van der Waals surface area contributed by atoms with Crippen molar-refractivity contribution in [2.75, 3.05) is 30.8 Å². The van der Waals surface area contributed by atoms with Gasteiger partial charge in [-0.15, -0.1) is 0 Å². The number of nitrogens with one attached hydrogen (secondary N) is 2. The van der Waals surface area contributed by atoms with Crippen LogP contribution < -0.4 is 32.3 Å². The molecule has 0 saturated carbocycles. The Labute approximate surface area is 251 Å². The Balaban J connectivity index is 1.56. The molecule has 5 N–H and O–H groups in total. The fraction of sp³-hybridized carbons (Fsp3) is 0.276. The van der Waals surface area contributed by atoms with Crippen molar-refractivity contribution in [3.63, 3.8) is 0 Å². The molecule has 0 aliphatic carbocycles. The molecule has 0 aliphatic heterocycles. The number of aliphatic carboxylic acids is 1. The average molecular weight is 665 g/mol. The molecule has 1 atom stereocenters. The molecule has 214 valence electrons. The number of carboxylic acids is 1. The first-order valence-corrected chi connectivity index (χ1v) is 19.8. The molecule has 3 rings (SSSR count). The molecule has 2 amide bonds. The van der Waals surface area contributed by atoms with Gasteiger partial charge in [0, 0.05) is 0 Å². The minimum absolute atomic E-state index is 0.0769. The zero-order chi connectivity index (χ0) is 28.9. The van der Waals surface area contributed by atoms with E-state index in [-0.39, 0.29) is 17.4 Å². The number of halogens is 1. The summed E-state index contributed by atoms with van der Waals surface area (Å²) in [5, 5.41) is 14.7. The summed E-state index contributed by atoms with van der Waals surface area (Å²) in [4.78, 5) is 34.6. The average Bonchev–Trinajstić information content (AvgIpc) is 2.99. The minimum atomic E-state index is -2.96. The van der Waals surface area contributed by atoms with Crippen molar-refractivity contribution in [2.45, 2.75) is 18.9 Å². The van der Waals surface area contributed by atoms with Crippen LogP contribution in [0.1, 0.15) is 12.8 Å². The first-order valence-electron chi connectivity index (χ1n) is 12.9. The number of carbonyl (C=O) groups excluding carboxylic acids is 2. The van der Waals surface area contributed by atoms with E-state index in [2.05, 4.69) is 98.9 Å². The summed E-state index contributed by atoms with van der Waals surface area (Å²) in [5.74, 6) is -1.21. The Morgan fingerprint density at radius 1 is 0.800 bits per heavy atom. The van der Waals surface area contributed by atoms with Gasteiger partial charge in [0.05, 0.1) is 0 Å². The van der Waals surface area contributed by atoms with Gasteiger partial charge in [-0.1, -0.05) is 0 Å². The van der Waals surface area contributed by atoms with Crippen molar-refractivity contribution in [1.82, 2.24) is 10.6 Å². The number of unbranched alkanes of at least 4 members (excludes halogenated alkanes) is 1. The number of hydrogen-bond donors (Lipinski definition) is 4. The van der Waals surface area contributed by atoms with E-state index in [1.165, 1.54) is 37.5 Å². The Hall–Kier alpha value is -2.36. The summed E-state index contributed by atoms with van der Waals surface area (Å²) in [5.41, 5.74) is 5.77. The smallest absolute Gasteiger partial charge is 0.480 e. The van der Waals surface area contributed by atoms with E-state index in [4.69, 9.17) is 10.8 Å². The first kappa shape index (κ1) is 32.2. The Morgan fingerprint density at radius 3 is 1.77 bits per heavy atom. The molecule has 0 aliphatic rings. The Morgan fingerprint density at radius 2 is 1.30 bits per heavy atom. The van der Waals surface area contributed by atoms with E-state index in [0.717, 1.165) is 19.0 Å². The van der Waals surface area contributed by atoms with E-state index in [9.17, 15) is 14.4 Å². The number of carboxylic acid groups (broad SMARTS) is 1. The molecule has 0 radical (unpaired) electrons. The number of benzene rings is 3. The molecular weight excluding hydrogens is 629 g/mol. The molecule has 40 heavy (non-hydrogen) atoms. The molecule has 0 spiro atoms. The van der Waals surface area contributed by atoms with E-state index < -0.39 is 29.8 Å². The maximum absolute atomic E-state index is 12.4. The van der Waals surface area contributed by atoms with Crippen LogP contribution in [0.25, 0.3) is 0 Å². The minimum Gasteiger partial charge on any atom is -0.480 e.